The van der Waals surface area contributed by atoms with Crippen LogP contribution in [0.1, 0.15) is 15.9 Å². The fourth-order valence-corrected chi connectivity index (χ4v) is 5.37. The van der Waals surface area contributed by atoms with E-state index in [4.69, 9.17) is 26.2 Å². The van der Waals surface area contributed by atoms with Gasteiger partial charge in [-0.1, -0.05) is 23.7 Å². The number of primary sulfonamides is 1. The van der Waals surface area contributed by atoms with Gasteiger partial charge in [-0.05, 0) is 35.9 Å². The number of hydrogen-bond donors (Lipinski definition) is 2. The number of ether oxygens (including phenoxy) is 2. The maximum atomic E-state index is 13.1. The normalized spacial score (nSPS) is 14.6. The number of ketones is 1. The molecule has 5 rings (SSSR count). The van der Waals surface area contributed by atoms with Gasteiger partial charge in [0, 0.05) is 65.7 Å². The van der Waals surface area contributed by atoms with E-state index in [-0.39, 0.29) is 21.3 Å². The molecular formula is C26H25ClN4O5S. The van der Waals surface area contributed by atoms with Gasteiger partial charge in [-0.15, -0.1) is 0 Å². The molecule has 11 heteroatoms. The van der Waals surface area contributed by atoms with Crippen LogP contribution in [-0.4, -0.2) is 68.5 Å². The first-order chi connectivity index (χ1) is 17.8. The van der Waals surface area contributed by atoms with Gasteiger partial charge in [0.15, 0.2) is 5.78 Å². The summed E-state index contributed by atoms with van der Waals surface area (Å²) in [5.41, 5.74) is 3.20. The van der Waals surface area contributed by atoms with Crippen molar-refractivity contribution in [2.45, 2.75) is 4.90 Å². The number of sulfonamides is 1. The van der Waals surface area contributed by atoms with E-state index in [0.29, 0.717) is 18.1 Å². The molecule has 0 aliphatic carbocycles. The number of morpholine rings is 1. The maximum absolute atomic E-state index is 13.1. The van der Waals surface area contributed by atoms with Crippen molar-refractivity contribution in [2.24, 2.45) is 5.14 Å². The van der Waals surface area contributed by atoms with Crippen LogP contribution >= 0.6 is 11.6 Å². The number of hydrogen-bond acceptors (Lipinski definition) is 7. The number of carbonyl (C=O) groups excluding carboxylic acids is 1. The fourth-order valence-electron chi connectivity index (χ4n) is 4.30. The quantitative estimate of drug-likeness (QED) is 0.327. The average molecular weight is 541 g/mol. The van der Waals surface area contributed by atoms with Gasteiger partial charge in [0.05, 0.1) is 18.2 Å². The van der Waals surface area contributed by atoms with Crippen molar-refractivity contribution in [3.8, 4) is 17.0 Å². The van der Waals surface area contributed by atoms with Crippen LogP contribution in [0.2, 0.25) is 5.02 Å². The number of fused-ring (bicyclic) bond motifs is 1. The SMILES string of the molecule is NS(=O)(=O)c1cc(C(=O)c2ccc3c(-c4ccnc(OCCN5CCOCC5)c4)c[nH]c3c2)ccc1Cl. The highest BCUT2D eigenvalue weighted by atomic mass is 35.5. The molecule has 192 valence electrons. The number of halogens is 1. The second-order valence-corrected chi connectivity index (χ2v) is 10.6. The molecule has 2 aromatic heterocycles. The summed E-state index contributed by atoms with van der Waals surface area (Å²) >= 11 is 5.95. The standard InChI is InChI=1S/C26H25ClN4O5S/c27-22-4-2-19(14-24(22)37(28,33)34)26(32)18-1-3-20-21(16-30-23(20)13-18)17-5-6-29-25(15-17)36-12-9-31-7-10-35-11-8-31/h1-6,13-16,30H,7-12H2,(H2,28,33,34). The van der Waals surface area contributed by atoms with E-state index >= 15 is 0 Å². The van der Waals surface area contributed by atoms with Crippen LogP contribution in [-0.2, 0) is 14.8 Å². The number of rotatable bonds is 8. The minimum absolute atomic E-state index is 0.0368. The molecule has 4 aromatic rings. The molecule has 3 heterocycles. The number of nitrogens with two attached hydrogens (primary N) is 1. The highest BCUT2D eigenvalue weighted by Crippen LogP contribution is 2.31. The smallest absolute Gasteiger partial charge is 0.239 e. The molecule has 3 N–H and O–H groups in total. The third kappa shape index (κ3) is 5.68. The second kappa shape index (κ2) is 10.6. The van der Waals surface area contributed by atoms with Crippen molar-refractivity contribution in [3.63, 3.8) is 0 Å². The van der Waals surface area contributed by atoms with E-state index in [1.54, 1.807) is 18.3 Å². The molecule has 9 nitrogen and oxygen atoms in total. The minimum atomic E-state index is -4.06. The van der Waals surface area contributed by atoms with Crippen molar-refractivity contribution in [1.29, 1.82) is 0 Å². The Morgan fingerprint density at radius 2 is 1.86 bits per heavy atom. The second-order valence-electron chi connectivity index (χ2n) is 8.67. The Labute approximate surface area is 219 Å². The lowest BCUT2D eigenvalue weighted by Gasteiger charge is -2.26. The molecule has 0 bridgehead atoms. The van der Waals surface area contributed by atoms with Gasteiger partial charge in [0.25, 0.3) is 0 Å². The van der Waals surface area contributed by atoms with Gasteiger partial charge in [-0.25, -0.2) is 18.5 Å². The van der Waals surface area contributed by atoms with Crippen molar-refractivity contribution >= 4 is 38.3 Å². The summed E-state index contributed by atoms with van der Waals surface area (Å²) in [5, 5.41) is 6.10. The largest absolute Gasteiger partial charge is 0.476 e. The molecule has 1 saturated heterocycles. The number of nitrogens with zero attached hydrogens (tertiary/aromatic N) is 2. The highest BCUT2D eigenvalue weighted by Gasteiger charge is 2.18. The van der Waals surface area contributed by atoms with Crippen LogP contribution in [0.25, 0.3) is 22.0 Å². The van der Waals surface area contributed by atoms with Crippen LogP contribution < -0.4 is 9.88 Å². The van der Waals surface area contributed by atoms with Crippen molar-refractivity contribution in [3.05, 3.63) is 77.1 Å². The highest BCUT2D eigenvalue weighted by molar-refractivity contribution is 7.89. The van der Waals surface area contributed by atoms with Crippen LogP contribution in [0.3, 0.4) is 0 Å². The lowest BCUT2D eigenvalue weighted by atomic mass is 10.00. The van der Waals surface area contributed by atoms with E-state index in [1.807, 2.05) is 24.4 Å². The van der Waals surface area contributed by atoms with Crippen LogP contribution in [0.4, 0.5) is 0 Å². The molecule has 37 heavy (non-hydrogen) atoms. The van der Waals surface area contributed by atoms with Gasteiger partial charge in [-0.3, -0.25) is 9.69 Å². The minimum Gasteiger partial charge on any atom is -0.476 e. The Morgan fingerprint density at radius 1 is 1.11 bits per heavy atom. The first-order valence-electron chi connectivity index (χ1n) is 11.7. The molecule has 0 amide bonds. The zero-order valence-corrected chi connectivity index (χ0v) is 21.4. The van der Waals surface area contributed by atoms with Crippen LogP contribution in [0.5, 0.6) is 5.88 Å². The van der Waals surface area contributed by atoms with E-state index in [2.05, 4.69) is 14.9 Å². The number of pyridine rings is 1. The number of benzene rings is 2. The fraction of sp³-hybridized carbons (Fsp3) is 0.231. The van der Waals surface area contributed by atoms with Crippen molar-refractivity contribution < 1.29 is 22.7 Å². The summed E-state index contributed by atoms with van der Waals surface area (Å²) in [6, 6.07) is 13.1. The molecular weight excluding hydrogens is 516 g/mol. The Bertz CT molecular complexity index is 1560. The zero-order chi connectivity index (χ0) is 26.0. The summed E-state index contributed by atoms with van der Waals surface area (Å²) in [6.45, 7) is 4.65. The van der Waals surface area contributed by atoms with Gasteiger partial charge < -0.3 is 14.5 Å². The summed E-state index contributed by atoms with van der Waals surface area (Å²) in [7, 11) is -4.06. The third-order valence-electron chi connectivity index (χ3n) is 6.25. The van der Waals surface area contributed by atoms with Gasteiger partial charge in [0.1, 0.15) is 11.5 Å². The Morgan fingerprint density at radius 3 is 2.65 bits per heavy atom. The van der Waals surface area contributed by atoms with E-state index in [9.17, 15) is 13.2 Å². The predicted octanol–water partition coefficient (Wildman–Crippen LogP) is 3.47. The molecule has 1 aliphatic heterocycles. The Kier molecular flexibility index (Phi) is 7.27. The first-order valence-corrected chi connectivity index (χ1v) is 13.6. The van der Waals surface area contributed by atoms with Gasteiger partial charge in [-0.2, -0.15) is 0 Å². The molecule has 1 aliphatic rings. The Balaban J connectivity index is 1.35. The Hall–Kier alpha value is -3.28. The number of H-pyrrole nitrogens is 1. The zero-order valence-electron chi connectivity index (χ0n) is 19.8. The number of aromatic amines is 1. The summed E-state index contributed by atoms with van der Waals surface area (Å²) < 4.78 is 34.8. The molecule has 0 spiro atoms. The molecule has 0 radical (unpaired) electrons. The topological polar surface area (TPSA) is 128 Å². The molecule has 0 atom stereocenters. The lowest BCUT2D eigenvalue weighted by Crippen LogP contribution is -2.38. The van der Waals surface area contributed by atoms with Crippen LogP contribution in [0, 0.1) is 0 Å². The van der Waals surface area contributed by atoms with Crippen molar-refractivity contribution in [1.82, 2.24) is 14.9 Å². The van der Waals surface area contributed by atoms with Gasteiger partial charge >= 0.3 is 0 Å². The summed E-state index contributed by atoms with van der Waals surface area (Å²) in [6.07, 6.45) is 3.58. The number of aromatic nitrogens is 2. The van der Waals surface area contributed by atoms with E-state index in [0.717, 1.165) is 54.9 Å². The molecule has 2 aromatic carbocycles. The van der Waals surface area contributed by atoms with Crippen molar-refractivity contribution in [2.75, 3.05) is 39.5 Å². The monoisotopic (exact) mass is 540 g/mol. The van der Waals surface area contributed by atoms with E-state index in [1.165, 1.54) is 18.2 Å². The maximum Gasteiger partial charge on any atom is 0.239 e. The molecule has 1 fully saturated rings. The predicted molar refractivity (Wildman–Crippen MR) is 141 cm³/mol. The summed E-state index contributed by atoms with van der Waals surface area (Å²) in [5.74, 6) is 0.194. The van der Waals surface area contributed by atoms with Crippen LogP contribution in [0.15, 0.2) is 65.8 Å². The molecule has 0 unspecified atom stereocenters. The number of nitrogens with one attached hydrogen (secondary N) is 1. The van der Waals surface area contributed by atoms with Gasteiger partial charge in [0.2, 0.25) is 15.9 Å². The third-order valence-corrected chi connectivity index (χ3v) is 7.64. The number of carbonyl (C=O) groups is 1. The summed E-state index contributed by atoms with van der Waals surface area (Å²) in [4.78, 5) is 22.6. The van der Waals surface area contributed by atoms with E-state index < -0.39 is 10.0 Å². The molecule has 0 saturated carbocycles. The first kappa shape index (κ1) is 25.4. The lowest BCUT2D eigenvalue weighted by molar-refractivity contribution is 0.0320. The average Bonchev–Trinajstić information content (AvgIpc) is 3.32.